The molecule has 0 aromatic carbocycles. The van der Waals surface area contributed by atoms with Crippen molar-refractivity contribution in [2.75, 3.05) is 0 Å². The van der Waals surface area contributed by atoms with E-state index in [9.17, 15) is 4.79 Å². The maximum atomic E-state index is 10.3. The lowest BCUT2D eigenvalue weighted by Gasteiger charge is -1.89. The number of rotatable bonds is 3. The molecular weight excluding hydrogens is 219 g/mol. The molecule has 0 aromatic rings. The van der Waals surface area contributed by atoms with Gasteiger partial charge in [-0.2, -0.15) is 0 Å². The zero-order chi connectivity index (χ0) is 6.41. The summed E-state index contributed by atoms with van der Waals surface area (Å²) in [5.74, 6) is -0.189. The van der Waals surface area contributed by atoms with Crippen molar-refractivity contribution in [3.8, 4) is 0 Å². The number of carbonyl (C=O) groups excluding carboxylic acids is 1. The average Bonchev–Trinajstić information content (AvgIpc) is 1.83. The van der Waals surface area contributed by atoms with Crippen LogP contribution >= 0.6 is 23.0 Å². The fraction of sp³-hybridized carbons (Fsp3) is 0.400. The Morgan fingerprint density at radius 2 is 2.50 bits per heavy atom. The third kappa shape index (κ3) is 4.11. The van der Waals surface area contributed by atoms with Gasteiger partial charge < -0.3 is 3.07 Å². The molecule has 0 fully saturated rings. The SMILES string of the molecule is C=CCCC(=O)OI. The normalized spacial score (nSPS) is 8.12. The quantitative estimate of drug-likeness (QED) is 0.542. The lowest BCUT2D eigenvalue weighted by molar-refractivity contribution is -0.131. The molecule has 8 heavy (non-hydrogen) atoms. The fourth-order valence-corrected chi connectivity index (χ4v) is 0.479. The third-order valence-corrected chi connectivity index (χ3v) is 1.13. The van der Waals surface area contributed by atoms with Crippen molar-refractivity contribution in [1.82, 2.24) is 0 Å². The molecule has 46 valence electrons. The molecule has 0 saturated carbocycles. The first-order chi connectivity index (χ1) is 3.81. The molecular formula is C5H7IO2. The summed E-state index contributed by atoms with van der Waals surface area (Å²) in [7, 11) is 0. The minimum Gasteiger partial charge on any atom is -0.394 e. The Kier molecular flexibility index (Phi) is 5.05. The van der Waals surface area contributed by atoms with Crippen LogP contribution in [0.1, 0.15) is 12.8 Å². The smallest absolute Gasteiger partial charge is 0.315 e. The van der Waals surface area contributed by atoms with Crippen LogP contribution in [0.5, 0.6) is 0 Å². The molecule has 2 nitrogen and oxygen atoms in total. The third-order valence-electron chi connectivity index (χ3n) is 0.639. The molecule has 0 bridgehead atoms. The van der Waals surface area contributed by atoms with Crippen molar-refractivity contribution in [2.24, 2.45) is 0 Å². The molecule has 0 unspecified atom stereocenters. The number of halogens is 1. The Hall–Kier alpha value is -0.0600. The number of allylic oxidation sites excluding steroid dienone is 1. The van der Waals surface area contributed by atoms with Crippen molar-refractivity contribution in [2.45, 2.75) is 12.8 Å². The molecule has 3 heteroatoms. The van der Waals surface area contributed by atoms with E-state index in [1.54, 1.807) is 29.1 Å². The summed E-state index contributed by atoms with van der Waals surface area (Å²) in [6.45, 7) is 3.46. The van der Waals surface area contributed by atoms with Crippen molar-refractivity contribution < 1.29 is 7.86 Å². The second-order valence-electron chi connectivity index (χ2n) is 1.28. The van der Waals surface area contributed by atoms with Crippen LogP contribution in [0.25, 0.3) is 0 Å². The number of carbonyl (C=O) groups is 1. The second-order valence-corrected chi connectivity index (χ2v) is 1.72. The molecule has 0 atom stereocenters. The van der Waals surface area contributed by atoms with E-state index in [1.165, 1.54) is 0 Å². The van der Waals surface area contributed by atoms with Gasteiger partial charge in [-0.15, -0.1) is 6.58 Å². The minimum atomic E-state index is -0.189. The summed E-state index contributed by atoms with van der Waals surface area (Å²) >= 11 is 1.57. The molecule has 0 amide bonds. The molecule has 0 heterocycles. The molecule has 0 N–H and O–H groups in total. The highest BCUT2D eigenvalue weighted by atomic mass is 127. The number of hydrogen-bond donors (Lipinski definition) is 0. The van der Waals surface area contributed by atoms with Gasteiger partial charge >= 0.3 is 5.97 Å². The van der Waals surface area contributed by atoms with E-state index in [2.05, 4.69) is 9.65 Å². The van der Waals surface area contributed by atoms with Gasteiger partial charge in [-0.05, 0) is 6.42 Å². The predicted octanol–water partition coefficient (Wildman–Crippen LogP) is 1.85. The first kappa shape index (κ1) is 7.94. The standard InChI is InChI=1S/C5H7IO2/c1-2-3-4-5(7)8-6/h2H,1,3-4H2. The van der Waals surface area contributed by atoms with Crippen LogP contribution in [0.4, 0.5) is 0 Å². The van der Waals surface area contributed by atoms with Crippen LogP contribution in [-0.4, -0.2) is 5.97 Å². The Morgan fingerprint density at radius 1 is 1.88 bits per heavy atom. The van der Waals surface area contributed by atoms with Crippen molar-refractivity contribution in [3.05, 3.63) is 12.7 Å². The molecule has 0 rings (SSSR count). The van der Waals surface area contributed by atoms with Gasteiger partial charge in [0.2, 0.25) is 0 Å². The summed E-state index contributed by atoms with van der Waals surface area (Å²) in [4.78, 5) is 10.3. The van der Waals surface area contributed by atoms with Crippen LogP contribution in [0.2, 0.25) is 0 Å². The summed E-state index contributed by atoms with van der Waals surface area (Å²) in [6.07, 6.45) is 2.82. The Bertz CT molecular complexity index is 90.4. The molecule has 0 saturated heterocycles. The Morgan fingerprint density at radius 3 is 2.88 bits per heavy atom. The molecule has 0 aromatic heterocycles. The van der Waals surface area contributed by atoms with Gasteiger partial charge in [0.15, 0.2) is 23.0 Å². The Labute approximate surface area is 62.6 Å². The Balaban J connectivity index is 3.11. The predicted molar refractivity (Wildman–Crippen MR) is 39.5 cm³/mol. The van der Waals surface area contributed by atoms with E-state index in [4.69, 9.17) is 0 Å². The summed E-state index contributed by atoms with van der Waals surface area (Å²) in [5.41, 5.74) is 0. The van der Waals surface area contributed by atoms with Gasteiger partial charge in [0.25, 0.3) is 0 Å². The molecule has 0 radical (unpaired) electrons. The van der Waals surface area contributed by atoms with Crippen LogP contribution in [-0.2, 0) is 7.86 Å². The summed E-state index contributed by atoms with van der Waals surface area (Å²) in [6, 6.07) is 0. The van der Waals surface area contributed by atoms with Gasteiger partial charge in [-0.1, -0.05) is 6.08 Å². The van der Waals surface area contributed by atoms with E-state index in [-0.39, 0.29) is 5.97 Å². The van der Waals surface area contributed by atoms with E-state index >= 15 is 0 Å². The largest absolute Gasteiger partial charge is 0.394 e. The first-order valence-electron chi connectivity index (χ1n) is 2.23. The van der Waals surface area contributed by atoms with Crippen molar-refractivity contribution in [1.29, 1.82) is 0 Å². The van der Waals surface area contributed by atoms with Crippen LogP contribution in [0.15, 0.2) is 12.7 Å². The molecule has 0 aliphatic heterocycles. The average molecular weight is 226 g/mol. The van der Waals surface area contributed by atoms with Gasteiger partial charge in [-0.3, -0.25) is 4.79 Å². The molecule has 0 aliphatic rings. The van der Waals surface area contributed by atoms with Crippen LogP contribution in [0.3, 0.4) is 0 Å². The van der Waals surface area contributed by atoms with Gasteiger partial charge in [0, 0.05) is 6.42 Å². The minimum absolute atomic E-state index is 0.189. The highest BCUT2D eigenvalue weighted by molar-refractivity contribution is 14.1. The van der Waals surface area contributed by atoms with Crippen LogP contribution < -0.4 is 0 Å². The second kappa shape index (κ2) is 5.08. The topological polar surface area (TPSA) is 26.3 Å². The van der Waals surface area contributed by atoms with E-state index in [0.29, 0.717) is 12.8 Å². The number of hydrogen-bond acceptors (Lipinski definition) is 2. The lowest BCUT2D eigenvalue weighted by atomic mass is 10.3. The monoisotopic (exact) mass is 226 g/mol. The fourth-order valence-electron chi connectivity index (χ4n) is 0.258. The summed E-state index contributed by atoms with van der Waals surface area (Å²) < 4.78 is 4.34. The van der Waals surface area contributed by atoms with Gasteiger partial charge in [-0.25, -0.2) is 0 Å². The van der Waals surface area contributed by atoms with E-state index in [1.807, 2.05) is 0 Å². The van der Waals surface area contributed by atoms with Crippen LogP contribution in [0, 0.1) is 0 Å². The maximum absolute atomic E-state index is 10.3. The molecule has 0 spiro atoms. The van der Waals surface area contributed by atoms with E-state index in [0.717, 1.165) is 0 Å². The maximum Gasteiger partial charge on any atom is 0.315 e. The van der Waals surface area contributed by atoms with Gasteiger partial charge in [0.05, 0.1) is 0 Å². The summed E-state index contributed by atoms with van der Waals surface area (Å²) in [5, 5.41) is 0. The van der Waals surface area contributed by atoms with E-state index < -0.39 is 0 Å². The van der Waals surface area contributed by atoms with Crippen molar-refractivity contribution >= 4 is 29.0 Å². The van der Waals surface area contributed by atoms with Gasteiger partial charge in [0.1, 0.15) is 0 Å². The zero-order valence-corrected chi connectivity index (χ0v) is 6.55. The van der Waals surface area contributed by atoms with Crippen molar-refractivity contribution in [3.63, 3.8) is 0 Å². The molecule has 0 aliphatic carbocycles. The highest BCUT2D eigenvalue weighted by Crippen LogP contribution is 1.96. The lowest BCUT2D eigenvalue weighted by Crippen LogP contribution is -1.93. The zero-order valence-electron chi connectivity index (χ0n) is 4.39. The highest BCUT2D eigenvalue weighted by Gasteiger charge is 1.95. The first-order valence-corrected chi connectivity index (χ1v) is 3.11.